The van der Waals surface area contributed by atoms with Crippen LogP contribution in [0.2, 0.25) is 0 Å². The molecule has 0 spiro atoms. The van der Waals surface area contributed by atoms with E-state index < -0.39 is 20.8 Å². The molecular weight excluding hydrogens is 455 g/mol. The van der Waals surface area contributed by atoms with E-state index in [1.165, 1.54) is 0 Å². The molecule has 23 heteroatoms. The topological polar surface area (TPSA) is 514 Å². The Labute approximate surface area is 151 Å². The average Bonchev–Trinajstić information content (AvgIpc) is 1.70. The minimum Gasteiger partial charge on any atom is -0.759 e. The smallest absolute Gasteiger partial charge is 0.759 e. The van der Waals surface area contributed by atoms with E-state index >= 15 is 0 Å². The van der Waals surface area contributed by atoms with Crippen LogP contribution in [-0.2, 0) is 70.1 Å². The van der Waals surface area contributed by atoms with Gasteiger partial charge in [0.25, 0.3) is 0 Å². The van der Waals surface area contributed by atoms with Gasteiger partial charge in [-0.2, -0.15) is 0 Å². The summed E-state index contributed by atoms with van der Waals surface area (Å²) in [7, 11) is -10.3. The minimum absolute atomic E-state index is 0. The monoisotopic (exact) mass is 484 g/mol. The summed E-state index contributed by atoms with van der Waals surface area (Å²) in [5.74, 6) is -0.167. The molecule has 168 valence electrons. The maximum absolute atomic E-state index is 8.52. The van der Waals surface area contributed by atoms with Crippen molar-refractivity contribution in [3.05, 3.63) is 0 Å². The fraction of sp³-hybridized carbons (Fsp3) is 0. The molecule has 20 nitrogen and oxygen atoms in total. The molecule has 0 aromatic rings. The van der Waals surface area contributed by atoms with Gasteiger partial charge < -0.3 is 51.1 Å². The first-order valence-corrected chi connectivity index (χ1v) is 5.73. The molecule has 30 N–H and O–H groups in total. The number of hydrogen-bond acceptors (Lipinski definition) is 8. The molecule has 0 aromatic carbocycles. The van der Waals surface area contributed by atoms with Crippen LogP contribution in [0, 0.1) is 0 Å². The van der Waals surface area contributed by atoms with Gasteiger partial charge in [0.1, 0.15) is 0 Å². The second kappa shape index (κ2) is 38.2. The van der Waals surface area contributed by atoms with Gasteiger partial charge in [0, 0.05) is 20.8 Å². The fourth-order valence-electron chi connectivity index (χ4n) is 0. The van der Waals surface area contributed by atoms with Gasteiger partial charge in [0.15, 0.2) is 0 Å². The molecule has 0 aromatic heterocycles. The van der Waals surface area contributed by atoms with E-state index in [1.54, 1.807) is 0 Å². The molecular formula is C2H30N6NiO14S2+6. The predicted octanol–water partition coefficient (Wildman–Crippen LogP) is -14.2. The fourth-order valence-corrected chi connectivity index (χ4v) is 0. The Bertz CT molecular complexity index is 370. The van der Waals surface area contributed by atoms with E-state index in [1.807, 2.05) is 0 Å². The van der Waals surface area contributed by atoms with Crippen molar-refractivity contribution in [2.45, 2.75) is 0 Å². The van der Waals surface area contributed by atoms with Gasteiger partial charge in [0.2, 0.25) is 0 Å². The van der Waals surface area contributed by atoms with Gasteiger partial charge in [-0.1, -0.05) is 0 Å². The number of rotatable bonds is 0. The molecule has 0 bridgehead atoms. The second-order valence-corrected chi connectivity index (χ2v) is 3.45. The quantitative estimate of drug-likeness (QED) is 0.0465. The standard InChI is InChI=1S/2CH5N3.Ni.2H2O4S.6H2O/c2*2-1(3)4;;2*1-5(2,3)4;;;;;;/h2*(H5,2,3,4);;2*(H2,1,2,3,4);6*1H2/q;;+2;;;;;;;;/p+4. The van der Waals surface area contributed by atoms with Crippen molar-refractivity contribution in [3.8, 4) is 0 Å². The van der Waals surface area contributed by atoms with Crippen molar-refractivity contribution < 1.29 is 95.2 Å². The van der Waals surface area contributed by atoms with Crippen LogP contribution in [0.15, 0.2) is 0 Å². The number of guanidine groups is 2. The summed E-state index contributed by atoms with van der Waals surface area (Å²) in [6.07, 6.45) is 0. The molecule has 0 amide bonds. The van der Waals surface area contributed by atoms with Gasteiger partial charge in [-0.3, -0.25) is 50.6 Å². The van der Waals surface area contributed by atoms with Crippen LogP contribution in [0.5, 0.6) is 0 Å². The second-order valence-electron chi connectivity index (χ2n) is 1.82. The first-order valence-electron chi connectivity index (χ1n) is 3.07. The number of hydrogen-bond donors (Lipinski definition) is 6. The van der Waals surface area contributed by atoms with Crippen molar-refractivity contribution in [1.29, 1.82) is 0 Å². The zero-order valence-corrected chi connectivity index (χ0v) is 14.9. The average molecular weight is 485 g/mol. The molecule has 0 aliphatic carbocycles. The van der Waals surface area contributed by atoms with Crippen molar-refractivity contribution in [2.75, 3.05) is 0 Å². The summed E-state index contributed by atoms with van der Waals surface area (Å²) in [5.41, 5.74) is 18.3. The van der Waals surface area contributed by atoms with E-state index in [9.17, 15) is 0 Å². The molecule has 0 saturated carbocycles. The van der Waals surface area contributed by atoms with Crippen LogP contribution in [0.3, 0.4) is 0 Å². The summed E-state index contributed by atoms with van der Waals surface area (Å²) < 4.78 is 68.2. The Morgan fingerprint density at radius 1 is 0.560 bits per heavy atom. The third-order valence-corrected chi connectivity index (χ3v) is 0. The Morgan fingerprint density at radius 2 is 0.560 bits per heavy atom. The summed E-state index contributed by atoms with van der Waals surface area (Å²) >= 11 is 0. The summed E-state index contributed by atoms with van der Waals surface area (Å²) in [6, 6.07) is 0. The van der Waals surface area contributed by atoms with Gasteiger partial charge in [-0.15, -0.1) is 0 Å². The van der Waals surface area contributed by atoms with Gasteiger partial charge in [-0.05, 0) is 0 Å². The van der Waals surface area contributed by atoms with Crippen molar-refractivity contribution in [2.24, 2.45) is 22.9 Å². The van der Waals surface area contributed by atoms with Crippen LogP contribution in [0.25, 0.3) is 0 Å². The summed E-state index contributed by atoms with van der Waals surface area (Å²) in [6.45, 7) is 0. The largest absolute Gasteiger partial charge is 2.00 e. The third-order valence-electron chi connectivity index (χ3n) is 0. The zero-order valence-electron chi connectivity index (χ0n) is 12.3. The van der Waals surface area contributed by atoms with Crippen LogP contribution in [-0.4, -0.2) is 47.0 Å². The van der Waals surface area contributed by atoms with Crippen molar-refractivity contribution in [3.63, 3.8) is 0 Å². The Morgan fingerprint density at radius 3 is 0.560 bits per heavy atom. The third kappa shape index (κ3) is 4420. The van der Waals surface area contributed by atoms with E-state index in [0.717, 1.165) is 0 Å². The molecule has 0 atom stereocenters. The molecule has 0 unspecified atom stereocenters. The molecule has 0 fully saturated rings. The zero-order chi connectivity index (χ0) is 16.2. The van der Waals surface area contributed by atoms with E-state index in [-0.39, 0.29) is 61.3 Å². The van der Waals surface area contributed by atoms with Gasteiger partial charge in [0.05, 0.1) is 0 Å². The van der Waals surface area contributed by atoms with E-state index in [0.29, 0.717) is 0 Å². The van der Waals surface area contributed by atoms with Crippen LogP contribution in [0.4, 0.5) is 0 Å². The maximum atomic E-state index is 8.52. The molecule has 0 heterocycles. The van der Waals surface area contributed by atoms with Crippen LogP contribution >= 0.6 is 0 Å². The molecule has 25 heavy (non-hydrogen) atoms. The summed E-state index contributed by atoms with van der Waals surface area (Å²) in [5, 5.41) is 9.17. The number of nitrogens with two attached hydrogens (primary N) is 6. The van der Waals surface area contributed by atoms with Crippen molar-refractivity contribution in [1.82, 2.24) is 0 Å². The molecule has 0 saturated heterocycles. The first kappa shape index (κ1) is 76.1. The van der Waals surface area contributed by atoms with Crippen LogP contribution < -0.4 is 33.8 Å². The Balaban J connectivity index is -0.0000000107. The summed E-state index contributed by atoms with van der Waals surface area (Å²) in [4.78, 5) is 0. The van der Waals surface area contributed by atoms with Gasteiger partial charge >= 0.3 is 28.4 Å². The molecule has 0 aliphatic heterocycles. The van der Waals surface area contributed by atoms with Crippen LogP contribution in [0.1, 0.15) is 0 Å². The molecule has 0 rings (SSSR count). The van der Waals surface area contributed by atoms with E-state index in [4.69, 9.17) is 35.0 Å². The molecule has 0 radical (unpaired) electrons. The predicted molar refractivity (Wildman–Crippen MR) is 80.8 cm³/mol. The van der Waals surface area contributed by atoms with Crippen molar-refractivity contribution >= 4 is 32.7 Å². The Hall–Kier alpha value is -1.47. The van der Waals surface area contributed by atoms with E-state index in [2.05, 4.69) is 33.8 Å². The minimum atomic E-state index is -5.17. The first-order chi connectivity index (χ1) is 7.46. The van der Waals surface area contributed by atoms with Gasteiger partial charge in [-0.25, -0.2) is 0 Å². The SMILES string of the molecule is NC(N)=[NH2+].NC(N)=[NH2+].O=S(=O)([O-])[O-].O=S(=O)([O-])[O-].[Ni+2].[OH3+].[OH3+].[OH3+].[OH3+].[OH3+].[OH3+]. The molecule has 0 aliphatic rings. The maximum Gasteiger partial charge on any atom is 2.00 e. The Kier molecular flexibility index (Phi) is 116. The normalized spacial score (nSPS) is 6.56.